The Kier molecular flexibility index (Phi) is 4.69. The van der Waals surface area contributed by atoms with Crippen LogP contribution in [0, 0.1) is 5.41 Å². The molecule has 1 unspecified atom stereocenters. The Morgan fingerprint density at radius 2 is 1.88 bits per heavy atom. The fourth-order valence-electron chi connectivity index (χ4n) is 3.12. The predicted octanol–water partition coefficient (Wildman–Crippen LogP) is 2.79. The maximum Gasteiger partial charge on any atom is 0.461 e. The lowest BCUT2D eigenvalue weighted by Gasteiger charge is -2.32. The van der Waals surface area contributed by atoms with Crippen LogP contribution in [0.2, 0.25) is 5.82 Å². The molecular weight excluding hydrogens is 346 g/mol. The summed E-state index contributed by atoms with van der Waals surface area (Å²) >= 11 is 0. The van der Waals surface area contributed by atoms with Crippen molar-refractivity contribution >= 4 is 19.2 Å². The number of nitrogens with zero attached hydrogens (tertiary/aromatic N) is 1. The summed E-state index contributed by atoms with van der Waals surface area (Å²) in [5.74, 6) is 0.446. The maximum atomic E-state index is 12.5. The van der Waals surface area contributed by atoms with Crippen LogP contribution in [-0.4, -0.2) is 42.2 Å². The summed E-state index contributed by atoms with van der Waals surface area (Å²) in [7, 11) is -0.336. The van der Waals surface area contributed by atoms with Crippen molar-refractivity contribution < 1.29 is 27.8 Å². The first kappa shape index (κ1) is 19.3. The molecule has 0 amide bonds. The summed E-state index contributed by atoms with van der Waals surface area (Å²) in [4.78, 5) is 4.39. The van der Waals surface area contributed by atoms with Gasteiger partial charge in [-0.1, -0.05) is 0 Å². The maximum absolute atomic E-state index is 12.5. The lowest BCUT2D eigenvalue weighted by molar-refractivity contribution is -0.603. The molecule has 2 atom stereocenters. The highest BCUT2D eigenvalue weighted by Gasteiger charge is 2.60. The first-order valence-electron chi connectivity index (χ1n) is 8.70. The summed E-state index contributed by atoms with van der Waals surface area (Å²) in [5.41, 5.74) is 0.288. The number of nitrogens with two attached hydrogens (primary N) is 1. The summed E-state index contributed by atoms with van der Waals surface area (Å²) in [6.45, 7) is 6.91. The molecule has 0 radical (unpaired) electrons. The fraction of sp³-hybridized carbons (Fsp3) is 0.647. The van der Waals surface area contributed by atoms with E-state index >= 15 is 0 Å². The van der Waals surface area contributed by atoms with Crippen LogP contribution in [0.4, 0.5) is 19.0 Å². The second kappa shape index (κ2) is 6.32. The molecular formula is C17H24BF3N3O2+. The highest BCUT2D eigenvalue weighted by molar-refractivity contribution is 6.49. The normalized spacial score (nSPS) is 26.8. The number of aromatic nitrogens is 1. The first-order valence-corrected chi connectivity index (χ1v) is 8.70. The largest absolute Gasteiger partial charge is 0.461 e. The van der Waals surface area contributed by atoms with Gasteiger partial charge < -0.3 is 14.7 Å². The Morgan fingerprint density at radius 1 is 1.27 bits per heavy atom. The van der Waals surface area contributed by atoms with E-state index in [1.807, 2.05) is 27.7 Å². The zero-order valence-corrected chi connectivity index (χ0v) is 15.4. The molecule has 1 aliphatic heterocycles. The number of hydrogen-bond donors (Lipinski definition) is 2. The summed E-state index contributed by atoms with van der Waals surface area (Å²) < 4.78 is 49.7. The third-order valence-corrected chi connectivity index (χ3v) is 5.50. The van der Waals surface area contributed by atoms with Gasteiger partial charge in [0.05, 0.1) is 16.8 Å². The number of hydrogen-bond acceptors (Lipinski definition) is 4. The van der Waals surface area contributed by atoms with Crippen molar-refractivity contribution in [3.05, 3.63) is 23.4 Å². The first-order chi connectivity index (χ1) is 11.9. The van der Waals surface area contributed by atoms with Crippen molar-refractivity contribution in [2.45, 2.75) is 63.2 Å². The predicted molar refractivity (Wildman–Crippen MR) is 91.8 cm³/mol. The molecule has 2 aliphatic rings. The second-order valence-electron chi connectivity index (χ2n) is 8.01. The minimum atomic E-state index is -4.29. The van der Waals surface area contributed by atoms with E-state index in [1.165, 1.54) is 0 Å². The molecule has 1 saturated heterocycles. The average Bonchev–Trinajstić information content (AvgIpc) is 3.27. The van der Waals surface area contributed by atoms with E-state index in [4.69, 9.17) is 14.7 Å². The molecule has 1 aromatic heterocycles. The van der Waals surface area contributed by atoms with Crippen LogP contribution in [-0.2, 0) is 9.31 Å². The van der Waals surface area contributed by atoms with Crippen molar-refractivity contribution in [1.29, 1.82) is 5.41 Å². The van der Waals surface area contributed by atoms with E-state index in [9.17, 15) is 13.2 Å². The fourth-order valence-corrected chi connectivity index (χ4v) is 3.12. The molecule has 1 aromatic rings. The number of nitrogens with one attached hydrogen (secondary N) is 1. The van der Waals surface area contributed by atoms with E-state index in [2.05, 4.69) is 4.98 Å². The van der Waals surface area contributed by atoms with Gasteiger partial charge in [0.1, 0.15) is 0 Å². The minimum Gasteiger partial charge on any atom is -0.403 e. The van der Waals surface area contributed by atoms with Crippen LogP contribution in [0.3, 0.4) is 0 Å². The Bertz CT molecular complexity index is 693. The van der Waals surface area contributed by atoms with Gasteiger partial charge in [-0.05, 0) is 46.2 Å². The van der Waals surface area contributed by atoms with Gasteiger partial charge >= 0.3 is 13.3 Å². The zero-order chi connectivity index (χ0) is 19.3. The molecule has 5 nitrogen and oxygen atoms in total. The standard InChI is InChI=1S/C17H23BF3N3O2/c1-15(2)16(3,4)26-18(25-15)12-7-11(12)13-6-5-10(8-22)14(24-13)23-9-17(19,20)21/h5-6,8,11-12,22H,7,9H2,1-4H3,(H,23,24)/p+1/t11-,12?/m0/s1. The van der Waals surface area contributed by atoms with E-state index < -0.39 is 23.9 Å². The van der Waals surface area contributed by atoms with Gasteiger partial charge in [0.2, 0.25) is 5.82 Å². The number of alkyl halides is 3. The molecule has 0 aromatic carbocycles. The highest BCUT2D eigenvalue weighted by Crippen LogP contribution is 2.58. The minimum absolute atomic E-state index is 0.0996. The van der Waals surface area contributed by atoms with E-state index in [-0.39, 0.29) is 24.7 Å². The summed E-state index contributed by atoms with van der Waals surface area (Å²) in [5, 5.41) is 8.41. The van der Waals surface area contributed by atoms with E-state index in [0.717, 1.165) is 23.6 Å². The third kappa shape index (κ3) is 3.79. The van der Waals surface area contributed by atoms with Crippen LogP contribution < -0.4 is 5.32 Å². The molecule has 3 N–H and O–H groups in total. The van der Waals surface area contributed by atoms with Crippen LogP contribution >= 0.6 is 0 Å². The van der Waals surface area contributed by atoms with E-state index in [0.29, 0.717) is 5.56 Å². The van der Waals surface area contributed by atoms with E-state index in [1.54, 1.807) is 12.1 Å². The molecule has 0 spiro atoms. The lowest BCUT2D eigenvalue weighted by Crippen LogP contribution is -2.82. The van der Waals surface area contributed by atoms with Gasteiger partial charge in [0.25, 0.3) is 0 Å². The molecule has 26 heavy (non-hydrogen) atoms. The molecule has 9 heteroatoms. The molecule has 2 fully saturated rings. The van der Waals surface area contributed by atoms with Gasteiger partial charge in [-0.25, -0.2) is 4.98 Å². The topological polar surface area (TPSA) is 71.8 Å². The Labute approximate surface area is 151 Å². The summed E-state index contributed by atoms with van der Waals surface area (Å²) in [6.07, 6.45) is -2.44. The van der Waals surface area contributed by atoms with Gasteiger partial charge in [-0.3, -0.25) is 5.32 Å². The lowest BCUT2D eigenvalue weighted by atomic mass is 9.80. The highest BCUT2D eigenvalue weighted by atomic mass is 19.4. The van der Waals surface area contributed by atoms with Crippen LogP contribution in [0.1, 0.15) is 51.3 Å². The average molecular weight is 370 g/mol. The zero-order valence-electron chi connectivity index (χ0n) is 15.4. The quantitative estimate of drug-likeness (QED) is 0.619. The second-order valence-corrected chi connectivity index (χ2v) is 8.01. The van der Waals surface area contributed by atoms with Crippen LogP contribution in [0.5, 0.6) is 0 Å². The summed E-state index contributed by atoms with van der Waals surface area (Å²) in [6, 6.07) is 3.43. The third-order valence-electron chi connectivity index (χ3n) is 5.50. The Hall–Kier alpha value is -1.45. The van der Waals surface area contributed by atoms with Gasteiger partial charge in [-0.15, -0.1) is 0 Å². The number of halogens is 3. The van der Waals surface area contributed by atoms with Crippen LogP contribution in [0.15, 0.2) is 12.1 Å². The van der Waals surface area contributed by atoms with Crippen molar-refractivity contribution in [3.8, 4) is 0 Å². The smallest absolute Gasteiger partial charge is 0.403 e. The van der Waals surface area contributed by atoms with Crippen LogP contribution in [0.25, 0.3) is 0 Å². The monoisotopic (exact) mass is 370 g/mol. The SMILES string of the molecule is CC1(C)OB(C2C[C@@H]2c2ccc(C=N)c([NH2+]CC(F)(F)F)n2)OC1(C)C. The molecule has 1 saturated carbocycles. The number of rotatable bonds is 5. The number of pyridine rings is 1. The van der Waals surface area contributed by atoms with Crippen molar-refractivity contribution in [2.75, 3.05) is 6.54 Å². The molecule has 1 aliphatic carbocycles. The molecule has 142 valence electrons. The molecule has 3 rings (SSSR count). The van der Waals surface area contributed by atoms with Gasteiger partial charge in [-0.2, -0.15) is 13.2 Å². The molecule has 0 bridgehead atoms. The van der Waals surface area contributed by atoms with Gasteiger partial charge in [0.15, 0.2) is 6.54 Å². The van der Waals surface area contributed by atoms with Crippen molar-refractivity contribution in [1.82, 2.24) is 4.98 Å². The number of quaternary nitrogens is 1. The van der Waals surface area contributed by atoms with Gasteiger partial charge in [0, 0.05) is 23.6 Å². The Balaban J connectivity index is 1.72. The Morgan fingerprint density at radius 3 is 2.42 bits per heavy atom. The van der Waals surface area contributed by atoms with Crippen molar-refractivity contribution in [3.63, 3.8) is 0 Å². The van der Waals surface area contributed by atoms with Crippen molar-refractivity contribution in [2.24, 2.45) is 0 Å². The molecule has 2 heterocycles.